The van der Waals surface area contributed by atoms with Gasteiger partial charge in [-0.05, 0) is 64.3 Å². The van der Waals surface area contributed by atoms with E-state index in [2.05, 4.69) is 28.2 Å². The highest BCUT2D eigenvalue weighted by Crippen LogP contribution is 2.25. The average molecular weight is 385 g/mol. The molecule has 0 radical (unpaired) electrons. The fraction of sp³-hybridized carbons (Fsp3) is 0.188. The van der Waals surface area contributed by atoms with Gasteiger partial charge in [0.15, 0.2) is 0 Å². The Hall–Kier alpha value is -0.970. The molecule has 0 saturated carbocycles. The molecule has 1 amide bonds. The molecular formula is C16H15BrClNOS. The fourth-order valence-electron chi connectivity index (χ4n) is 1.75. The van der Waals surface area contributed by atoms with Crippen molar-refractivity contribution < 1.29 is 4.79 Å². The van der Waals surface area contributed by atoms with Crippen LogP contribution in [-0.4, -0.2) is 11.7 Å². The minimum absolute atomic E-state index is 0.0279. The molecule has 1 N–H and O–H groups in total. The van der Waals surface area contributed by atoms with Crippen molar-refractivity contribution in [1.29, 1.82) is 0 Å². The van der Waals surface area contributed by atoms with Crippen LogP contribution in [0.1, 0.15) is 12.5 Å². The molecule has 0 saturated heterocycles. The third kappa shape index (κ3) is 5.06. The highest BCUT2D eigenvalue weighted by atomic mass is 79.9. The standard InChI is InChI=1S/C16H15BrClNOS/c1-2-11-3-8-15(14(17)9-11)19-16(20)10-21-13-6-4-12(18)5-7-13/h3-9H,2,10H2,1H3,(H,19,20). The lowest BCUT2D eigenvalue weighted by Gasteiger charge is -2.08. The number of halogens is 2. The molecule has 0 atom stereocenters. The summed E-state index contributed by atoms with van der Waals surface area (Å²) in [5.41, 5.74) is 2.03. The Morgan fingerprint density at radius 1 is 1.24 bits per heavy atom. The van der Waals surface area contributed by atoms with Crippen molar-refractivity contribution >= 4 is 50.9 Å². The molecular weight excluding hydrogens is 370 g/mol. The number of anilines is 1. The predicted molar refractivity (Wildman–Crippen MR) is 94.3 cm³/mol. The van der Waals surface area contributed by atoms with Gasteiger partial charge in [0.1, 0.15) is 0 Å². The van der Waals surface area contributed by atoms with Gasteiger partial charge >= 0.3 is 0 Å². The first kappa shape index (κ1) is 16.4. The largest absolute Gasteiger partial charge is 0.324 e. The molecule has 5 heteroatoms. The van der Waals surface area contributed by atoms with E-state index in [9.17, 15) is 4.79 Å². The lowest BCUT2D eigenvalue weighted by Crippen LogP contribution is -2.14. The molecule has 0 fully saturated rings. The lowest BCUT2D eigenvalue weighted by molar-refractivity contribution is -0.113. The van der Waals surface area contributed by atoms with Crippen molar-refractivity contribution in [2.24, 2.45) is 0 Å². The molecule has 0 aromatic heterocycles. The molecule has 2 nitrogen and oxygen atoms in total. The van der Waals surface area contributed by atoms with E-state index < -0.39 is 0 Å². The number of carbonyl (C=O) groups excluding carboxylic acids is 1. The van der Waals surface area contributed by atoms with E-state index >= 15 is 0 Å². The number of amides is 1. The molecule has 2 rings (SSSR count). The number of rotatable bonds is 5. The van der Waals surface area contributed by atoms with Crippen LogP contribution in [0.5, 0.6) is 0 Å². The smallest absolute Gasteiger partial charge is 0.234 e. The van der Waals surface area contributed by atoms with Gasteiger partial charge in [-0.25, -0.2) is 0 Å². The van der Waals surface area contributed by atoms with Crippen molar-refractivity contribution in [1.82, 2.24) is 0 Å². The third-order valence-corrected chi connectivity index (χ3v) is 4.82. The molecule has 0 bridgehead atoms. The van der Waals surface area contributed by atoms with Crippen molar-refractivity contribution in [3.63, 3.8) is 0 Å². The Bertz CT molecular complexity index is 631. The Morgan fingerprint density at radius 3 is 2.57 bits per heavy atom. The summed E-state index contributed by atoms with van der Waals surface area (Å²) in [6, 6.07) is 13.4. The Labute approximate surface area is 142 Å². The fourth-order valence-corrected chi connectivity index (χ4v) is 3.10. The number of carbonyl (C=O) groups is 1. The molecule has 0 aliphatic heterocycles. The number of benzene rings is 2. The average Bonchev–Trinajstić information content (AvgIpc) is 2.48. The predicted octanol–water partition coefficient (Wildman–Crippen LogP) is 5.40. The first-order valence-electron chi connectivity index (χ1n) is 6.55. The first-order chi connectivity index (χ1) is 10.1. The van der Waals surface area contributed by atoms with Crippen LogP contribution in [0.4, 0.5) is 5.69 Å². The van der Waals surface area contributed by atoms with Crippen LogP contribution in [0, 0.1) is 0 Å². The summed E-state index contributed by atoms with van der Waals surface area (Å²) in [6.45, 7) is 2.10. The molecule has 2 aromatic rings. The maximum absolute atomic E-state index is 12.0. The van der Waals surface area contributed by atoms with E-state index in [0.29, 0.717) is 10.8 Å². The second kappa shape index (κ2) is 7.87. The number of nitrogens with one attached hydrogen (secondary N) is 1. The zero-order chi connectivity index (χ0) is 15.2. The first-order valence-corrected chi connectivity index (χ1v) is 8.71. The molecule has 0 aliphatic carbocycles. The van der Waals surface area contributed by atoms with E-state index in [4.69, 9.17) is 11.6 Å². The molecule has 2 aromatic carbocycles. The van der Waals surface area contributed by atoms with Gasteiger partial charge in [0.25, 0.3) is 0 Å². The summed E-state index contributed by atoms with van der Waals surface area (Å²) in [5, 5.41) is 3.61. The maximum Gasteiger partial charge on any atom is 0.234 e. The van der Waals surface area contributed by atoms with E-state index in [1.807, 2.05) is 42.5 Å². The minimum Gasteiger partial charge on any atom is -0.324 e. The van der Waals surface area contributed by atoms with Crippen LogP contribution in [-0.2, 0) is 11.2 Å². The van der Waals surface area contributed by atoms with E-state index in [-0.39, 0.29) is 5.91 Å². The van der Waals surface area contributed by atoms with Crippen LogP contribution in [0.2, 0.25) is 5.02 Å². The summed E-state index contributed by atoms with van der Waals surface area (Å²) < 4.78 is 0.909. The molecule has 0 unspecified atom stereocenters. The molecule has 0 heterocycles. The topological polar surface area (TPSA) is 29.1 Å². The summed E-state index contributed by atoms with van der Waals surface area (Å²) in [4.78, 5) is 13.0. The Kier molecular flexibility index (Phi) is 6.15. The monoisotopic (exact) mass is 383 g/mol. The van der Waals surface area contributed by atoms with Gasteiger partial charge in [-0.15, -0.1) is 11.8 Å². The molecule has 21 heavy (non-hydrogen) atoms. The quantitative estimate of drug-likeness (QED) is 0.700. The lowest BCUT2D eigenvalue weighted by atomic mass is 10.1. The second-order valence-electron chi connectivity index (χ2n) is 4.46. The Balaban J connectivity index is 1.91. The number of thioether (sulfide) groups is 1. The van der Waals surface area contributed by atoms with E-state index in [1.54, 1.807) is 0 Å². The van der Waals surface area contributed by atoms with Crippen LogP contribution in [0.25, 0.3) is 0 Å². The van der Waals surface area contributed by atoms with Gasteiger partial charge in [-0.1, -0.05) is 24.6 Å². The van der Waals surface area contributed by atoms with Gasteiger partial charge in [-0.3, -0.25) is 4.79 Å². The van der Waals surface area contributed by atoms with E-state index in [1.165, 1.54) is 17.3 Å². The SMILES string of the molecule is CCc1ccc(NC(=O)CSc2ccc(Cl)cc2)c(Br)c1. The van der Waals surface area contributed by atoms with Gasteiger partial charge in [0.05, 0.1) is 11.4 Å². The highest BCUT2D eigenvalue weighted by Gasteiger charge is 2.07. The maximum atomic E-state index is 12.0. The molecule has 0 aliphatic rings. The summed E-state index contributed by atoms with van der Waals surface area (Å²) in [7, 11) is 0. The van der Waals surface area contributed by atoms with Crippen molar-refractivity contribution in [2.45, 2.75) is 18.2 Å². The minimum atomic E-state index is -0.0279. The van der Waals surface area contributed by atoms with Crippen LogP contribution in [0.15, 0.2) is 51.8 Å². The van der Waals surface area contributed by atoms with Crippen molar-refractivity contribution in [3.05, 3.63) is 57.5 Å². The van der Waals surface area contributed by atoms with Crippen LogP contribution < -0.4 is 5.32 Å². The number of hydrogen-bond acceptors (Lipinski definition) is 2. The van der Waals surface area contributed by atoms with Crippen LogP contribution >= 0.6 is 39.3 Å². The summed E-state index contributed by atoms with van der Waals surface area (Å²) >= 11 is 10.8. The zero-order valence-corrected chi connectivity index (χ0v) is 14.7. The van der Waals surface area contributed by atoms with Gasteiger partial charge < -0.3 is 5.32 Å². The summed E-state index contributed by atoms with van der Waals surface area (Å²) in [6.07, 6.45) is 0.971. The van der Waals surface area contributed by atoms with Gasteiger partial charge in [-0.2, -0.15) is 0 Å². The van der Waals surface area contributed by atoms with Gasteiger partial charge in [0, 0.05) is 14.4 Å². The van der Waals surface area contributed by atoms with Crippen LogP contribution in [0.3, 0.4) is 0 Å². The zero-order valence-electron chi connectivity index (χ0n) is 11.5. The number of hydrogen-bond donors (Lipinski definition) is 1. The van der Waals surface area contributed by atoms with Crippen molar-refractivity contribution in [3.8, 4) is 0 Å². The summed E-state index contributed by atoms with van der Waals surface area (Å²) in [5.74, 6) is 0.337. The third-order valence-electron chi connectivity index (χ3n) is 2.90. The normalized spacial score (nSPS) is 10.4. The molecule has 110 valence electrons. The van der Waals surface area contributed by atoms with Gasteiger partial charge in [0.2, 0.25) is 5.91 Å². The van der Waals surface area contributed by atoms with E-state index in [0.717, 1.165) is 21.5 Å². The highest BCUT2D eigenvalue weighted by molar-refractivity contribution is 9.10. The molecule has 0 spiro atoms. The Morgan fingerprint density at radius 2 is 1.95 bits per heavy atom. The van der Waals surface area contributed by atoms with Crippen molar-refractivity contribution in [2.75, 3.05) is 11.1 Å². The second-order valence-corrected chi connectivity index (χ2v) is 6.80. The number of aryl methyl sites for hydroxylation is 1.